The molecule has 0 atom stereocenters. The van der Waals surface area contributed by atoms with E-state index in [1.165, 1.54) is 26.4 Å². The molecule has 1 heterocycles. The minimum Gasteiger partial charge on any atom is -0.370 e. The van der Waals surface area contributed by atoms with Gasteiger partial charge in [0.1, 0.15) is 17.3 Å². The van der Waals surface area contributed by atoms with Gasteiger partial charge in [0.2, 0.25) is 15.9 Å². The van der Waals surface area contributed by atoms with E-state index in [1.807, 2.05) is 0 Å². The number of nitrogens with two attached hydrogens (primary N) is 1. The fourth-order valence-electron chi connectivity index (χ4n) is 1.27. The van der Waals surface area contributed by atoms with Crippen LogP contribution >= 0.6 is 0 Å². The molecule has 0 unspecified atom stereocenters. The van der Waals surface area contributed by atoms with E-state index in [1.54, 1.807) is 6.07 Å². The van der Waals surface area contributed by atoms with Crippen LogP contribution in [0.2, 0.25) is 0 Å². The van der Waals surface area contributed by atoms with Crippen molar-refractivity contribution < 1.29 is 17.9 Å². The number of carbonyl (C=O) groups excluding carboxylic acids is 1. The molecule has 0 aliphatic carbocycles. The van der Waals surface area contributed by atoms with Gasteiger partial charge in [0, 0.05) is 26.8 Å². The highest BCUT2D eigenvalue weighted by Crippen LogP contribution is 2.13. The molecule has 3 N–H and O–H groups in total. The van der Waals surface area contributed by atoms with E-state index in [-0.39, 0.29) is 11.5 Å². The van der Waals surface area contributed by atoms with Gasteiger partial charge in [-0.1, -0.05) is 0 Å². The van der Waals surface area contributed by atoms with Crippen LogP contribution in [0, 0.1) is 0 Å². The van der Waals surface area contributed by atoms with Crippen LogP contribution in [-0.2, 0) is 19.6 Å². The molecule has 0 fully saturated rings. The lowest BCUT2D eigenvalue weighted by Crippen LogP contribution is -2.22. The van der Waals surface area contributed by atoms with Gasteiger partial charge in [0.25, 0.3) is 0 Å². The van der Waals surface area contributed by atoms with E-state index in [4.69, 9.17) is 10.5 Å². The predicted molar refractivity (Wildman–Crippen MR) is 73.6 cm³/mol. The Morgan fingerprint density at radius 3 is 2.65 bits per heavy atom. The van der Waals surface area contributed by atoms with Crippen LogP contribution in [0.4, 0.5) is 5.82 Å². The minimum atomic E-state index is -3.47. The highest BCUT2D eigenvalue weighted by Gasteiger charge is 2.17. The summed E-state index contributed by atoms with van der Waals surface area (Å²) in [5.41, 5.74) is 4.91. The summed E-state index contributed by atoms with van der Waals surface area (Å²) in [6, 6.07) is 3.03. The van der Waals surface area contributed by atoms with Gasteiger partial charge in [-0.3, -0.25) is 4.79 Å². The summed E-state index contributed by atoms with van der Waals surface area (Å²) in [5, 5.41) is 2.93. The molecule has 9 heteroatoms. The monoisotopic (exact) mass is 302 g/mol. The molecule has 1 rings (SSSR count). The summed E-state index contributed by atoms with van der Waals surface area (Å²) in [6.45, 7) is 0.595. The fourth-order valence-corrected chi connectivity index (χ4v) is 2.12. The molecule has 112 valence electrons. The molecule has 8 nitrogen and oxygen atoms in total. The third-order valence-corrected chi connectivity index (χ3v) is 4.11. The third-order valence-electron chi connectivity index (χ3n) is 2.31. The first kappa shape index (κ1) is 16.3. The fraction of sp³-hybridized carbons (Fsp3) is 0.455. The molecule has 20 heavy (non-hydrogen) atoms. The molecular formula is C11H18N4O4S. The summed E-state index contributed by atoms with van der Waals surface area (Å²) in [4.78, 5) is 14.5. The number of aromatic nitrogens is 1. The smallest absolute Gasteiger partial charge is 0.244 e. The quantitative estimate of drug-likeness (QED) is 0.610. The molecule has 0 aliphatic heterocycles. The Labute approximate surface area is 118 Å². The van der Waals surface area contributed by atoms with E-state index >= 15 is 0 Å². The number of nitrogens with zero attached hydrogens (tertiary/aromatic N) is 2. The van der Waals surface area contributed by atoms with E-state index in [2.05, 4.69) is 10.3 Å². The molecule has 0 bridgehead atoms. The number of ether oxygens (including phenoxy) is 1. The maximum Gasteiger partial charge on any atom is 0.244 e. The zero-order valence-electron chi connectivity index (χ0n) is 11.4. The maximum absolute atomic E-state index is 11.8. The molecule has 1 aromatic rings. The first-order chi connectivity index (χ1) is 9.34. The second kappa shape index (κ2) is 7.17. The van der Waals surface area contributed by atoms with Gasteiger partial charge in [-0.05, 0) is 12.1 Å². The number of rotatable bonds is 8. The van der Waals surface area contributed by atoms with Crippen LogP contribution < -0.4 is 11.1 Å². The van der Waals surface area contributed by atoms with Crippen LogP contribution in [-0.4, -0.2) is 57.5 Å². The van der Waals surface area contributed by atoms with E-state index in [0.717, 1.165) is 4.31 Å². The molecule has 0 saturated carbocycles. The van der Waals surface area contributed by atoms with Crippen LogP contribution in [0.1, 0.15) is 0 Å². The highest BCUT2D eigenvalue weighted by atomic mass is 32.2. The largest absolute Gasteiger partial charge is 0.370 e. The van der Waals surface area contributed by atoms with Crippen molar-refractivity contribution >= 4 is 21.7 Å². The molecule has 0 radical (unpaired) electrons. The van der Waals surface area contributed by atoms with Crippen molar-refractivity contribution in [1.29, 1.82) is 0 Å². The highest BCUT2D eigenvalue weighted by molar-refractivity contribution is 7.89. The predicted octanol–water partition coefficient (Wildman–Crippen LogP) is -0.754. The molecular weight excluding hydrogens is 284 g/mol. The average Bonchev–Trinajstić information content (AvgIpc) is 2.38. The second-order valence-corrected chi connectivity index (χ2v) is 6.26. The lowest BCUT2D eigenvalue weighted by atomic mass is 10.4. The lowest BCUT2D eigenvalue weighted by Gasteiger charge is -2.11. The summed E-state index contributed by atoms with van der Waals surface area (Å²) in [7, 11) is -0.553. The Morgan fingerprint density at radius 1 is 1.45 bits per heavy atom. The molecule has 1 amide bonds. The minimum absolute atomic E-state index is 0.123. The average molecular weight is 302 g/mol. The van der Waals surface area contributed by atoms with Crippen molar-refractivity contribution in [2.75, 3.05) is 39.2 Å². The third kappa shape index (κ3) is 4.76. The number of primary amides is 1. The van der Waals surface area contributed by atoms with Gasteiger partial charge in [-0.15, -0.1) is 0 Å². The van der Waals surface area contributed by atoms with Crippen LogP contribution in [0.3, 0.4) is 0 Å². The van der Waals surface area contributed by atoms with Gasteiger partial charge < -0.3 is 15.8 Å². The lowest BCUT2D eigenvalue weighted by molar-refractivity contribution is -0.122. The summed E-state index contributed by atoms with van der Waals surface area (Å²) < 4.78 is 29.7. The SMILES string of the molecule is CN(C)S(=O)(=O)c1ccc(NCCOCC(N)=O)nc1. The van der Waals surface area contributed by atoms with Crippen LogP contribution in [0.25, 0.3) is 0 Å². The first-order valence-electron chi connectivity index (χ1n) is 5.82. The number of carbonyl (C=O) groups is 1. The number of hydrogen-bond donors (Lipinski definition) is 2. The van der Waals surface area contributed by atoms with Crippen molar-refractivity contribution in [3.05, 3.63) is 18.3 Å². The standard InChI is InChI=1S/C11H18N4O4S/c1-15(2)20(17,18)9-3-4-11(14-7-9)13-5-6-19-8-10(12)16/h3-4,7H,5-6,8H2,1-2H3,(H2,12,16)(H,13,14). The topological polar surface area (TPSA) is 115 Å². The number of sulfonamides is 1. The number of anilines is 1. The van der Waals surface area contributed by atoms with Gasteiger partial charge in [0.15, 0.2) is 0 Å². The van der Waals surface area contributed by atoms with Crippen molar-refractivity contribution in [3.8, 4) is 0 Å². The number of hydrogen-bond acceptors (Lipinski definition) is 6. The van der Waals surface area contributed by atoms with Gasteiger partial charge in [-0.25, -0.2) is 17.7 Å². The van der Waals surface area contributed by atoms with E-state index < -0.39 is 15.9 Å². The van der Waals surface area contributed by atoms with Crippen molar-refractivity contribution in [1.82, 2.24) is 9.29 Å². The van der Waals surface area contributed by atoms with Crippen LogP contribution in [0.15, 0.2) is 23.2 Å². The van der Waals surface area contributed by atoms with Crippen molar-refractivity contribution in [3.63, 3.8) is 0 Å². The molecule has 1 aromatic heterocycles. The number of amides is 1. The van der Waals surface area contributed by atoms with Crippen molar-refractivity contribution in [2.45, 2.75) is 4.90 Å². The van der Waals surface area contributed by atoms with E-state index in [0.29, 0.717) is 19.0 Å². The van der Waals surface area contributed by atoms with E-state index in [9.17, 15) is 13.2 Å². The Hall–Kier alpha value is -1.71. The number of nitrogens with one attached hydrogen (secondary N) is 1. The molecule has 0 aliphatic rings. The Kier molecular flexibility index (Phi) is 5.86. The molecule has 0 spiro atoms. The first-order valence-corrected chi connectivity index (χ1v) is 7.26. The summed E-state index contributed by atoms with van der Waals surface area (Å²) in [6.07, 6.45) is 1.28. The maximum atomic E-state index is 11.8. The molecule has 0 aromatic carbocycles. The van der Waals surface area contributed by atoms with Gasteiger partial charge in [0.05, 0.1) is 6.61 Å². The Bertz CT molecular complexity index is 542. The Morgan fingerprint density at radius 2 is 2.15 bits per heavy atom. The molecule has 0 saturated heterocycles. The van der Waals surface area contributed by atoms with Crippen LogP contribution in [0.5, 0.6) is 0 Å². The Balaban J connectivity index is 2.49. The zero-order valence-corrected chi connectivity index (χ0v) is 12.2. The van der Waals surface area contributed by atoms with Gasteiger partial charge >= 0.3 is 0 Å². The zero-order chi connectivity index (χ0) is 15.2. The number of pyridine rings is 1. The second-order valence-electron chi connectivity index (χ2n) is 4.11. The normalized spacial score (nSPS) is 11.6. The summed E-state index contributed by atoms with van der Waals surface area (Å²) >= 11 is 0. The summed E-state index contributed by atoms with van der Waals surface area (Å²) in [5.74, 6) is -0.00764. The van der Waals surface area contributed by atoms with Crippen molar-refractivity contribution in [2.24, 2.45) is 5.73 Å². The van der Waals surface area contributed by atoms with Gasteiger partial charge in [-0.2, -0.15) is 0 Å².